The van der Waals surface area contributed by atoms with Crippen molar-refractivity contribution in [3.05, 3.63) is 102 Å². The van der Waals surface area contributed by atoms with Crippen LogP contribution >= 0.6 is 0 Å². The van der Waals surface area contributed by atoms with E-state index in [1.807, 2.05) is 78.9 Å². The molecule has 166 valence electrons. The number of benzene rings is 2. The van der Waals surface area contributed by atoms with Crippen LogP contribution in [0.1, 0.15) is 22.9 Å². The normalized spacial score (nSPS) is 11.3. The van der Waals surface area contributed by atoms with Crippen LogP contribution < -0.4 is 5.32 Å². The third-order valence-electron chi connectivity index (χ3n) is 4.81. The molecule has 0 radical (unpaired) electrons. The Labute approximate surface area is 188 Å². The molecule has 1 aromatic heterocycles. The third kappa shape index (κ3) is 7.43. The molecule has 0 spiro atoms. The van der Waals surface area contributed by atoms with Crippen LogP contribution in [-0.2, 0) is 22.5 Å². The number of hydrogen-bond donors (Lipinski definition) is 1. The van der Waals surface area contributed by atoms with Crippen LogP contribution in [0.15, 0.2) is 85.1 Å². The van der Waals surface area contributed by atoms with Crippen LogP contribution in [0.3, 0.4) is 0 Å². The lowest BCUT2D eigenvalue weighted by molar-refractivity contribution is 0.0903. The first-order valence-corrected chi connectivity index (χ1v) is 10.4. The molecule has 2 amide bonds. The summed E-state index contributed by atoms with van der Waals surface area (Å²) in [6, 6.07) is 24.5. The Balaban J connectivity index is 1.45. The van der Waals surface area contributed by atoms with Crippen molar-refractivity contribution in [1.29, 1.82) is 0 Å². The number of rotatable bonds is 9. The number of aromatic nitrogens is 1. The maximum absolute atomic E-state index is 12.4. The minimum atomic E-state index is -0.555. The second-order valence-corrected chi connectivity index (χ2v) is 7.23. The Bertz CT molecular complexity index is 968. The zero-order valence-corrected chi connectivity index (χ0v) is 18.0. The highest BCUT2D eigenvalue weighted by atomic mass is 16.6. The molecule has 3 rings (SSSR count). The van der Waals surface area contributed by atoms with E-state index in [1.165, 1.54) is 4.90 Å². The van der Waals surface area contributed by atoms with E-state index in [-0.39, 0.29) is 25.8 Å². The first kappa shape index (κ1) is 22.8. The lowest BCUT2D eigenvalue weighted by Gasteiger charge is -2.20. The van der Waals surface area contributed by atoms with Gasteiger partial charge in [-0.05, 0) is 23.3 Å². The Morgan fingerprint density at radius 1 is 0.938 bits per heavy atom. The maximum Gasteiger partial charge on any atom is 0.409 e. The van der Waals surface area contributed by atoms with Gasteiger partial charge in [0.05, 0.1) is 12.6 Å². The highest BCUT2D eigenvalue weighted by Crippen LogP contribution is 2.17. The van der Waals surface area contributed by atoms with Gasteiger partial charge in [-0.3, -0.25) is 4.98 Å². The van der Waals surface area contributed by atoms with Crippen molar-refractivity contribution in [3.63, 3.8) is 0 Å². The van der Waals surface area contributed by atoms with Crippen molar-refractivity contribution in [2.75, 3.05) is 20.2 Å². The van der Waals surface area contributed by atoms with Gasteiger partial charge >= 0.3 is 12.2 Å². The van der Waals surface area contributed by atoms with Gasteiger partial charge in [0, 0.05) is 25.4 Å². The number of carbonyl (C=O) groups excluding carboxylic acids is 2. The van der Waals surface area contributed by atoms with Gasteiger partial charge in [0.15, 0.2) is 0 Å². The van der Waals surface area contributed by atoms with Crippen LogP contribution in [0, 0.1) is 0 Å². The molecule has 3 aromatic rings. The van der Waals surface area contributed by atoms with Gasteiger partial charge in [0.1, 0.15) is 13.2 Å². The number of hydrogen-bond acceptors (Lipinski definition) is 5. The molecule has 1 unspecified atom stereocenters. The number of carbonyl (C=O) groups is 2. The first-order valence-electron chi connectivity index (χ1n) is 10.4. The summed E-state index contributed by atoms with van der Waals surface area (Å²) in [6.45, 7) is 0.461. The van der Waals surface area contributed by atoms with Gasteiger partial charge < -0.3 is 19.7 Å². The van der Waals surface area contributed by atoms with Crippen LogP contribution in [-0.4, -0.2) is 42.3 Å². The molecule has 0 fully saturated rings. The van der Waals surface area contributed by atoms with Gasteiger partial charge in [-0.15, -0.1) is 0 Å². The van der Waals surface area contributed by atoms with Crippen LogP contribution in [0.5, 0.6) is 0 Å². The molecule has 0 bridgehead atoms. The smallest absolute Gasteiger partial charge is 0.409 e. The molecule has 7 heteroatoms. The largest absolute Gasteiger partial charge is 0.448 e. The topological polar surface area (TPSA) is 80.8 Å². The standard InChI is InChI=1S/C25H27N3O4/c1-28(25(30)32-19-20-10-4-2-5-11-20)16-17-31-24(29)27-23(21-12-6-3-7-13-21)18-22-14-8-9-15-26-22/h2-15,23H,16-19H2,1H3,(H,27,29). The summed E-state index contributed by atoms with van der Waals surface area (Å²) < 4.78 is 10.6. The quantitative estimate of drug-likeness (QED) is 0.542. The Morgan fingerprint density at radius 3 is 2.31 bits per heavy atom. The predicted octanol–water partition coefficient (Wildman–Crippen LogP) is 4.36. The zero-order valence-electron chi connectivity index (χ0n) is 18.0. The van der Waals surface area contributed by atoms with Gasteiger partial charge in [0.25, 0.3) is 0 Å². The van der Waals surface area contributed by atoms with Crippen LogP contribution in [0.25, 0.3) is 0 Å². The number of likely N-dealkylation sites (N-methyl/N-ethyl adjacent to an activating group) is 1. The van der Waals surface area contributed by atoms with E-state index < -0.39 is 12.2 Å². The highest BCUT2D eigenvalue weighted by molar-refractivity contribution is 5.68. The summed E-state index contributed by atoms with van der Waals surface area (Å²) in [5.41, 5.74) is 2.73. The van der Waals surface area contributed by atoms with Crippen molar-refractivity contribution in [2.24, 2.45) is 0 Å². The molecule has 0 aliphatic heterocycles. The minimum Gasteiger partial charge on any atom is -0.448 e. The molecule has 32 heavy (non-hydrogen) atoms. The second kappa shape index (κ2) is 12.1. The predicted molar refractivity (Wildman–Crippen MR) is 121 cm³/mol. The fraction of sp³-hybridized carbons (Fsp3) is 0.240. The summed E-state index contributed by atoms with van der Waals surface area (Å²) in [7, 11) is 1.60. The SMILES string of the molecule is CN(CCOC(=O)NC(Cc1ccccn1)c1ccccc1)C(=O)OCc1ccccc1. The summed E-state index contributed by atoms with van der Waals surface area (Å²) in [6.07, 6.45) is 1.23. The van der Waals surface area contributed by atoms with E-state index in [4.69, 9.17) is 9.47 Å². The van der Waals surface area contributed by atoms with Gasteiger partial charge in [-0.1, -0.05) is 66.7 Å². The molecule has 0 saturated carbocycles. The molecular formula is C25H27N3O4. The zero-order chi connectivity index (χ0) is 22.6. The molecule has 7 nitrogen and oxygen atoms in total. The third-order valence-corrected chi connectivity index (χ3v) is 4.81. The molecule has 1 heterocycles. The molecule has 0 aliphatic rings. The Morgan fingerprint density at radius 2 is 1.62 bits per heavy atom. The monoisotopic (exact) mass is 433 g/mol. The number of nitrogens with one attached hydrogen (secondary N) is 1. The minimum absolute atomic E-state index is 0.0495. The van der Waals surface area contributed by atoms with Crippen molar-refractivity contribution in [3.8, 4) is 0 Å². The fourth-order valence-electron chi connectivity index (χ4n) is 3.05. The van der Waals surface area contributed by atoms with Crippen molar-refractivity contribution in [1.82, 2.24) is 15.2 Å². The number of amides is 2. The summed E-state index contributed by atoms with van der Waals surface area (Å²) in [5.74, 6) is 0. The molecule has 2 aromatic carbocycles. The van der Waals surface area contributed by atoms with E-state index in [9.17, 15) is 9.59 Å². The lowest BCUT2D eigenvalue weighted by Crippen LogP contribution is -2.34. The van der Waals surface area contributed by atoms with Gasteiger partial charge in [-0.2, -0.15) is 0 Å². The van der Waals surface area contributed by atoms with E-state index in [0.717, 1.165) is 16.8 Å². The van der Waals surface area contributed by atoms with E-state index in [1.54, 1.807) is 13.2 Å². The van der Waals surface area contributed by atoms with Crippen molar-refractivity contribution >= 4 is 12.2 Å². The van der Waals surface area contributed by atoms with Gasteiger partial charge in [0.2, 0.25) is 0 Å². The number of ether oxygens (including phenoxy) is 2. The van der Waals surface area contributed by atoms with E-state index in [2.05, 4.69) is 10.3 Å². The van der Waals surface area contributed by atoms with Crippen LogP contribution in [0.4, 0.5) is 9.59 Å². The maximum atomic E-state index is 12.4. The molecular weight excluding hydrogens is 406 g/mol. The Hall–Kier alpha value is -3.87. The summed E-state index contributed by atoms with van der Waals surface area (Å²) in [5, 5.41) is 2.90. The second-order valence-electron chi connectivity index (χ2n) is 7.23. The molecule has 0 saturated heterocycles. The molecule has 0 aliphatic carbocycles. The highest BCUT2D eigenvalue weighted by Gasteiger charge is 2.17. The summed E-state index contributed by atoms with van der Waals surface area (Å²) >= 11 is 0. The van der Waals surface area contributed by atoms with Crippen LogP contribution in [0.2, 0.25) is 0 Å². The Kier molecular flexibility index (Phi) is 8.62. The van der Waals surface area contributed by atoms with Crippen molar-refractivity contribution < 1.29 is 19.1 Å². The van der Waals surface area contributed by atoms with Gasteiger partial charge in [-0.25, -0.2) is 9.59 Å². The average Bonchev–Trinajstić information content (AvgIpc) is 2.84. The molecule has 1 atom stereocenters. The first-order chi connectivity index (χ1) is 15.6. The number of nitrogens with zero attached hydrogens (tertiary/aromatic N) is 2. The van der Waals surface area contributed by atoms with E-state index >= 15 is 0 Å². The fourth-order valence-corrected chi connectivity index (χ4v) is 3.05. The van der Waals surface area contributed by atoms with E-state index in [0.29, 0.717) is 6.42 Å². The summed E-state index contributed by atoms with van der Waals surface area (Å²) in [4.78, 5) is 30.2. The molecule has 1 N–H and O–H groups in total. The number of pyridine rings is 1. The van der Waals surface area contributed by atoms with Crippen molar-refractivity contribution in [2.45, 2.75) is 19.1 Å². The number of alkyl carbamates (subject to hydrolysis) is 1. The lowest BCUT2D eigenvalue weighted by atomic mass is 10.0. The average molecular weight is 434 g/mol.